The predicted octanol–water partition coefficient (Wildman–Crippen LogP) is 2.73. The van der Waals surface area contributed by atoms with Gasteiger partial charge in [-0.05, 0) is 30.8 Å². The van der Waals surface area contributed by atoms with Crippen LogP contribution in [-0.4, -0.2) is 30.6 Å². The smallest absolute Gasteiger partial charge is 0.00998 e. The fraction of sp³-hybridized carbons (Fsp3) is 1.00. The summed E-state index contributed by atoms with van der Waals surface area (Å²) in [5.74, 6) is 0.746. The Balaban J connectivity index is 3.90. The molecule has 0 fully saturated rings. The van der Waals surface area contributed by atoms with E-state index >= 15 is 0 Å². The molecule has 15 heavy (non-hydrogen) atoms. The van der Waals surface area contributed by atoms with Gasteiger partial charge in [0.05, 0.1) is 0 Å². The van der Waals surface area contributed by atoms with E-state index in [9.17, 15) is 0 Å². The van der Waals surface area contributed by atoms with E-state index in [0.717, 1.165) is 25.4 Å². The van der Waals surface area contributed by atoms with Crippen molar-refractivity contribution in [2.24, 2.45) is 17.1 Å². The molecule has 1 atom stereocenters. The lowest BCUT2D eigenvalue weighted by Crippen LogP contribution is -2.39. The third kappa shape index (κ3) is 6.91. The minimum atomic E-state index is 0.233. The van der Waals surface area contributed by atoms with Crippen molar-refractivity contribution < 1.29 is 0 Å². The van der Waals surface area contributed by atoms with Gasteiger partial charge in [0.15, 0.2) is 0 Å². The molecule has 92 valence electrons. The largest absolute Gasteiger partial charge is 0.327 e. The molecular weight excluding hydrogens is 184 g/mol. The molecule has 2 heteroatoms. The summed E-state index contributed by atoms with van der Waals surface area (Å²) >= 11 is 0. The fourth-order valence-corrected chi connectivity index (χ4v) is 1.65. The number of hydrogen-bond acceptors (Lipinski definition) is 2. The van der Waals surface area contributed by atoms with Crippen molar-refractivity contribution in [3.05, 3.63) is 0 Å². The van der Waals surface area contributed by atoms with Gasteiger partial charge in [-0.25, -0.2) is 0 Å². The maximum absolute atomic E-state index is 6.16. The highest BCUT2D eigenvalue weighted by Crippen LogP contribution is 2.19. The zero-order valence-corrected chi connectivity index (χ0v) is 11.5. The molecule has 0 radical (unpaired) electrons. The Labute approximate surface area is 96.2 Å². The van der Waals surface area contributed by atoms with E-state index < -0.39 is 0 Å². The Morgan fingerprint density at radius 1 is 1.20 bits per heavy atom. The molecule has 0 saturated carbocycles. The Bertz CT molecular complexity index is 158. The molecule has 0 heterocycles. The van der Waals surface area contributed by atoms with E-state index in [1.54, 1.807) is 0 Å². The van der Waals surface area contributed by atoms with Crippen LogP contribution in [0.2, 0.25) is 0 Å². The van der Waals surface area contributed by atoms with Gasteiger partial charge in [-0.15, -0.1) is 0 Å². The quantitative estimate of drug-likeness (QED) is 0.736. The molecule has 0 saturated heterocycles. The Morgan fingerprint density at radius 3 is 2.07 bits per heavy atom. The van der Waals surface area contributed by atoms with Crippen molar-refractivity contribution in [1.29, 1.82) is 0 Å². The van der Waals surface area contributed by atoms with Gasteiger partial charge in [-0.2, -0.15) is 0 Å². The molecule has 0 aliphatic rings. The molecule has 0 aromatic rings. The molecule has 2 nitrogen and oxygen atoms in total. The highest BCUT2D eigenvalue weighted by molar-refractivity contribution is 4.78. The van der Waals surface area contributed by atoms with Crippen LogP contribution in [0.25, 0.3) is 0 Å². The first-order valence-electron chi connectivity index (χ1n) is 6.25. The van der Waals surface area contributed by atoms with Gasteiger partial charge in [0.25, 0.3) is 0 Å². The van der Waals surface area contributed by atoms with Crippen molar-refractivity contribution in [1.82, 2.24) is 4.90 Å². The van der Waals surface area contributed by atoms with E-state index in [2.05, 4.69) is 46.4 Å². The van der Waals surface area contributed by atoms with Gasteiger partial charge in [-0.3, -0.25) is 0 Å². The van der Waals surface area contributed by atoms with Crippen LogP contribution in [0.15, 0.2) is 0 Å². The average Bonchev–Trinajstić information content (AvgIpc) is 2.09. The summed E-state index contributed by atoms with van der Waals surface area (Å²) in [4.78, 5) is 2.50. The van der Waals surface area contributed by atoms with Gasteiger partial charge in [-0.1, -0.05) is 41.5 Å². The highest BCUT2D eigenvalue weighted by atomic mass is 15.1. The lowest BCUT2D eigenvalue weighted by atomic mass is 9.85. The average molecular weight is 214 g/mol. The van der Waals surface area contributed by atoms with Crippen molar-refractivity contribution in [3.8, 4) is 0 Å². The summed E-state index contributed by atoms with van der Waals surface area (Å²) < 4.78 is 0. The molecule has 0 amide bonds. The third-order valence-electron chi connectivity index (χ3n) is 2.94. The van der Waals surface area contributed by atoms with E-state index in [1.807, 2.05) is 0 Å². The first-order chi connectivity index (χ1) is 6.77. The summed E-state index contributed by atoms with van der Waals surface area (Å²) in [5.41, 5.74) is 6.39. The van der Waals surface area contributed by atoms with Crippen LogP contribution < -0.4 is 5.73 Å². The molecule has 0 rings (SSSR count). The van der Waals surface area contributed by atoms with Gasteiger partial charge in [0, 0.05) is 12.6 Å². The first-order valence-corrected chi connectivity index (χ1v) is 6.25. The van der Waals surface area contributed by atoms with E-state index in [1.165, 1.54) is 6.54 Å². The van der Waals surface area contributed by atoms with E-state index in [4.69, 9.17) is 5.73 Å². The zero-order valence-electron chi connectivity index (χ0n) is 11.5. The molecule has 0 aliphatic carbocycles. The lowest BCUT2D eigenvalue weighted by Gasteiger charge is -2.30. The molecule has 0 aromatic heterocycles. The van der Waals surface area contributed by atoms with Crippen LogP contribution in [0.4, 0.5) is 0 Å². The second-order valence-electron chi connectivity index (χ2n) is 6.05. The monoisotopic (exact) mass is 214 g/mol. The zero-order chi connectivity index (χ0) is 12.1. The van der Waals surface area contributed by atoms with Crippen molar-refractivity contribution in [3.63, 3.8) is 0 Å². The Kier molecular flexibility index (Phi) is 6.46. The van der Waals surface area contributed by atoms with E-state index in [0.29, 0.717) is 6.04 Å². The molecule has 0 aromatic carbocycles. The van der Waals surface area contributed by atoms with Gasteiger partial charge >= 0.3 is 0 Å². The van der Waals surface area contributed by atoms with Crippen LogP contribution in [-0.2, 0) is 0 Å². The summed E-state index contributed by atoms with van der Waals surface area (Å²) in [6, 6.07) is 0.304. The van der Waals surface area contributed by atoms with Crippen LogP contribution >= 0.6 is 0 Å². The first kappa shape index (κ1) is 14.9. The molecule has 1 unspecified atom stereocenters. The highest BCUT2D eigenvalue weighted by Gasteiger charge is 2.20. The predicted molar refractivity (Wildman–Crippen MR) is 69.0 cm³/mol. The maximum Gasteiger partial charge on any atom is 0.00998 e. The topological polar surface area (TPSA) is 29.3 Å². The molecular formula is C13H30N2. The van der Waals surface area contributed by atoms with Crippen LogP contribution in [0.1, 0.15) is 48.0 Å². The second kappa shape index (κ2) is 6.49. The van der Waals surface area contributed by atoms with Crippen LogP contribution in [0.5, 0.6) is 0 Å². The number of hydrogen-bond donors (Lipinski definition) is 1. The second-order valence-corrected chi connectivity index (χ2v) is 6.05. The normalized spacial score (nSPS) is 15.0. The molecule has 0 bridgehead atoms. The van der Waals surface area contributed by atoms with Gasteiger partial charge in [0.2, 0.25) is 0 Å². The molecule has 0 aliphatic heterocycles. The van der Waals surface area contributed by atoms with Crippen LogP contribution in [0.3, 0.4) is 0 Å². The van der Waals surface area contributed by atoms with Crippen LogP contribution in [0, 0.1) is 11.3 Å². The standard InChI is InChI=1S/C13H30N2/c1-7-15(10-11(2)3)9-8-12(14)13(4,5)6/h11-12H,7-10,14H2,1-6H3. The Hall–Kier alpha value is -0.0800. The number of nitrogens with two attached hydrogens (primary N) is 1. The lowest BCUT2D eigenvalue weighted by molar-refractivity contribution is 0.218. The number of nitrogens with zero attached hydrogens (tertiary/aromatic N) is 1. The van der Waals surface area contributed by atoms with Crippen molar-refractivity contribution >= 4 is 0 Å². The maximum atomic E-state index is 6.16. The third-order valence-corrected chi connectivity index (χ3v) is 2.94. The number of rotatable bonds is 6. The summed E-state index contributed by atoms with van der Waals surface area (Å²) in [6.07, 6.45) is 1.10. The van der Waals surface area contributed by atoms with E-state index in [-0.39, 0.29) is 5.41 Å². The van der Waals surface area contributed by atoms with Crippen molar-refractivity contribution in [2.45, 2.75) is 54.0 Å². The van der Waals surface area contributed by atoms with Gasteiger partial charge in [0.1, 0.15) is 0 Å². The fourth-order valence-electron chi connectivity index (χ4n) is 1.65. The summed E-state index contributed by atoms with van der Waals surface area (Å²) in [6.45, 7) is 16.9. The van der Waals surface area contributed by atoms with Gasteiger partial charge < -0.3 is 10.6 Å². The SMILES string of the molecule is CCN(CCC(N)C(C)(C)C)CC(C)C. The Morgan fingerprint density at radius 2 is 1.73 bits per heavy atom. The van der Waals surface area contributed by atoms with Crippen molar-refractivity contribution in [2.75, 3.05) is 19.6 Å². The minimum absolute atomic E-state index is 0.233. The summed E-state index contributed by atoms with van der Waals surface area (Å²) in [7, 11) is 0. The molecule has 0 spiro atoms. The molecule has 2 N–H and O–H groups in total. The summed E-state index contributed by atoms with van der Waals surface area (Å²) in [5, 5.41) is 0. The minimum Gasteiger partial charge on any atom is -0.327 e.